The molecule has 0 aliphatic carbocycles. The zero-order valence-electron chi connectivity index (χ0n) is 12.6. The van der Waals surface area contributed by atoms with Crippen LogP contribution in [0.2, 0.25) is 0 Å². The van der Waals surface area contributed by atoms with E-state index in [2.05, 4.69) is 5.32 Å². The molecule has 0 saturated carbocycles. The average molecular weight is 309 g/mol. The highest BCUT2D eigenvalue weighted by Crippen LogP contribution is 2.31. The molecule has 1 aliphatic rings. The first kappa shape index (κ1) is 16.3. The van der Waals surface area contributed by atoms with E-state index in [4.69, 9.17) is 9.47 Å². The van der Waals surface area contributed by atoms with E-state index in [-0.39, 0.29) is 5.97 Å². The van der Waals surface area contributed by atoms with Crippen LogP contribution in [0.1, 0.15) is 18.4 Å². The fraction of sp³-hybridized carbons (Fsp3) is 0.562. The number of benzene rings is 1. The van der Waals surface area contributed by atoms with Gasteiger partial charge in [-0.15, -0.1) is 0 Å². The van der Waals surface area contributed by atoms with Gasteiger partial charge in [0.2, 0.25) is 0 Å². The van der Waals surface area contributed by atoms with E-state index in [1.807, 2.05) is 49.1 Å². The van der Waals surface area contributed by atoms with Gasteiger partial charge in [0.15, 0.2) is 5.54 Å². The van der Waals surface area contributed by atoms with E-state index in [1.54, 1.807) is 0 Å². The summed E-state index contributed by atoms with van der Waals surface area (Å²) >= 11 is 1.82. The molecule has 0 bridgehead atoms. The highest BCUT2D eigenvalue weighted by atomic mass is 32.2. The molecule has 1 fully saturated rings. The Balaban J connectivity index is 2.16. The third-order valence-electron chi connectivity index (χ3n) is 3.93. The number of thioether (sulfide) groups is 1. The van der Waals surface area contributed by atoms with Crippen LogP contribution in [0.3, 0.4) is 0 Å². The fourth-order valence-electron chi connectivity index (χ4n) is 2.56. The zero-order chi connectivity index (χ0) is 15.1. The van der Waals surface area contributed by atoms with Crippen molar-refractivity contribution < 1.29 is 14.3 Å². The third kappa shape index (κ3) is 3.78. The number of esters is 1. The second-order valence-corrected chi connectivity index (χ2v) is 6.42. The van der Waals surface area contributed by atoms with Gasteiger partial charge in [-0.25, -0.2) is 4.79 Å². The number of carbonyl (C=O) groups is 1. The molecular formula is C16H23NO3S. The molecule has 4 nitrogen and oxygen atoms in total. The molecule has 1 atom stereocenters. The molecule has 1 N–H and O–H groups in total. The molecule has 21 heavy (non-hydrogen) atoms. The molecule has 0 spiro atoms. The first-order chi connectivity index (χ1) is 10.2. The SMILES string of the molecule is CNC(CSC1CCOCC1)(C(=O)OC)c1ccccc1. The standard InChI is InChI=1S/C16H23NO3S/c1-17-16(15(18)19-2,13-6-4-3-5-7-13)12-21-14-8-10-20-11-9-14/h3-7,14,17H,8-12H2,1-2H3. The smallest absolute Gasteiger partial charge is 0.331 e. The molecule has 1 heterocycles. The number of methoxy groups -OCH3 is 1. The summed E-state index contributed by atoms with van der Waals surface area (Å²) in [5.41, 5.74) is 0.151. The van der Waals surface area contributed by atoms with Crippen LogP contribution in [-0.2, 0) is 19.8 Å². The van der Waals surface area contributed by atoms with Crippen LogP contribution in [0.5, 0.6) is 0 Å². The molecule has 0 aromatic heterocycles. The molecule has 1 aliphatic heterocycles. The number of carbonyl (C=O) groups excluding carboxylic acids is 1. The van der Waals surface area contributed by atoms with Gasteiger partial charge in [0.25, 0.3) is 0 Å². The number of ether oxygens (including phenoxy) is 2. The molecule has 2 rings (SSSR count). The minimum absolute atomic E-state index is 0.240. The number of rotatable bonds is 6. The van der Waals surface area contributed by atoms with Crippen molar-refractivity contribution in [1.29, 1.82) is 0 Å². The van der Waals surface area contributed by atoms with Gasteiger partial charge in [-0.1, -0.05) is 30.3 Å². The summed E-state index contributed by atoms with van der Waals surface area (Å²) < 4.78 is 10.5. The fourth-order valence-corrected chi connectivity index (χ4v) is 4.00. The summed E-state index contributed by atoms with van der Waals surface area (Å²) in [5.74, 6) is 0.418. The molecule has 1 saturated heterocycles. The van der Waals surface area contributed by atoms with Crippen LogP contribution in [0.4, 0.5) is 0 Å². The Kier molecular flexibility index (Phi) is 6.08. The summed E-state index contributed by atoms with van der Waals surface area (Å²) in [5, 5.41) is 3.74. The monoisotopic (exact) mass is 309 g/mol. The minimum atomic E-state index is -0.793. The van der Waals surface area contributed by atoms with Gasteiger partial charge in [-0.05, 0) is 25.5 Å². The Hall–Kier alpha value is -1.04. The highest BCUT2D eigenvalue weighted by Gasteiger charge is 2.40. The molecule has 1 aromatic rings. The predicted molar refractivity (Wildman–Crippen MR) is 85.5 cm³/mol. The largest absolute Gasteiger partial charge is 0.467 e. The van der Waals surface area contributed by atoms with Crippen molar-refractivity contribution >= 4 is 17.7 Å². The summed E-state index contributed by atoms with van der Waals surface area (Å²) in [6.07, 6.45) is 2.08. The van der Waals surface area contributed by atoms with Crippen molar-refractivity contribution in [2.24, 2.45) is 0 Å². The Morgan fingerprint density at radius 1 is 1.38 bits per heavy atom. The highest BCUT2D eigenvalue weighted by molar-refractivity contribution is 8.00. The van der Waals surface area contributed by atoms with E-state index in [1.165, 1.54) is 7.11 Å². The van der Waals surface area contributed by atoms with Crippen LogP contribution >= 0.6 is 11.8 Å². The van der Waals surface area contributed by atoms with Gasteiger partial charge < -0.3 is 14.8 Å². The first-order valence-corrected chi connectivity index (χ1v) is 8.30. The average Bonchev–Trinajstić information content (AvgIpc) is 2.57. The van der Waals surface area contributed by atoms with Crippen LogP contribution in [0.25, 0.3) is 0 Å². The molecule has 0 amide bonds. The summed E-state index contributed by atoms with van der Waals surface area (Å²) in [4.78, 5) is 12.4. The van der Waals surface area contributed by atoms with Gasteiger partial charge in [0.1, 0.15) is 0 Å². The number of nitrogens with one attached hydrogen (secondary N) is 1. The minimum Gasteiger partial charge on any atom is -0.467 e. The molecular weight excluding hydrogens is 286 g/mol. The maximum Gasteiger partial charge on any atom is 0.331 e. The van der Waals surface area contributed by atoms with E-state index >= 15 is 0 Å². The van der Waals surface area contributed by atoms with Gasteiger partial charge >= 0.3 is 5.97 Å². The lowest BCUT2D eigenvalue weighted by Gasteiger charge is -2.33. The second-order valence-electron chi connectivity index (χ2n) is 5.14. The molecule has 0 radical (unpaired) electrons. The van der Waals surface area contributed by atoms with Crippen molar-refractivity contribution in [3.63, 3.8) is 0 Å². The van der Waals surface area contributed by atoms with Gasteiger partial charge in [0, 0.05) is 24.2 Å². The van der Waals surface area contributed by atoms with Crippen LogP contribution in [-0.4, -0.2) is 44.3 Å². The molecule has 5 heteroatoms. The normalized spacial score (nSPS) is 19.0. The Morgan fingerprint density at radius 3 is 2.62 bits per heavy atom. The lowest BCUT2D eigenvalue weighted by molar-refractivity contribution is -0.147. The Bertz CT molecular complexity index is 448. The van der Waals surface area contributed by atoms with Crippen molar-refractivity contribution in [3.8, 4) is 0 Å². The van der Waals surface area contributed by atoms with Crippen molar-refractivity contribution in [1.82, 2.24) is 5.32 Å². The summed E-state index contributed by atoms with van der Waals surface area (Å²) in [6, 6.07) is 9.79. The number of hydrogen-bond acceptors (Lipinski definition) is 5. The lowest BCUT2D eigenvalue weighted by Crippen LogP contribution is -2.50. The molecule has 1 unspecified atom stereocenters. The summed E-state index contributed by atoms with van der Waals surface area (Å²) in [7, 11) is 3.25. The van der Waals surface area contributed by atoms with Crippen molar-refractivity contribution in [3.05, 3.63) is 35.9 Å². The Morgan fingerprint density at radius 2 is 2.05 bits per heavy atom. The lowest BCUT2D eigenvalue weighted by atomic mass is 9.92. The maximum atomic E-state index is 12.4. The van der Waals surface area contributed by atoms with Crippen LogP contribution in [0, 0.1) is 0 Å². The van der Waals surface area contributed by atoms with Gasteiger partial charge in [-0.2, -0.15) is 11.8 Å². The van der Waals surface area contributed by atoms with Gasteiger partial charge in [0.05, 0.1) is 7.11 Å². The topological polar surface area (TPSA) is 47.6 Å². The predicted octanol–water partition coefficient (Wildman–Crippen LogP) is 2.19. The van der Waals surface area contributed by atoms with Crippen LogP contribution in [0.15, 0.2) is 30.3 Å². The van der Waals surface area contributed by atoms with E-state index in [0.29, 0.717) is 11.0 Å². The number of likely N-dealkylation sites (N-methyl/N-ethyl adjacent to an activating group) is 1. The molecule has 1 aromatic carbocycles. The van der Waals surface area contributed by atoms with E-state index in [9.17, 15) is 4.79 Å². The third-order valence-corrected chi connectivity index (χ3v) is 5.47. The molecule has 116 valence electrons. The maximum absolute atomic E-state index is 12.4. The van der Waals surface area contributed by atoms with Crippen molar-refractivity contribution in [2.75, 3.05) is 33.1 Å². The zero-order valence-corrected chi connectivity index (χ0v) is 13.4. The van der Waals surface area contributed by atoms with E-state index < -0.39 is 5.54 Å². The Labute approximate surface area is 130 Å². The van der Waals surface area contributed by atoms with E-state index in [0.717, 1.165) is 31.6 Å². The number of hydrogen-bond donors (Lipinski definition) is 1. The first-order valence-electron chi connectivity index (χ1n) is 7.25. The quantitative estimate of drug-likeness (QED) is 0.816. The van der Waals surface area contributed by atoms with Gasteiger partial charge in [-0.3, -0.25) is 0 Å². The van der Waals surface area contributed by atoms with Crippen molar-refractivity contribution in [2.45, 2.75) is 23.6 Å². The summed E-state index contributed by atoms with van der Waals surface area (Å²) in [6.45, 7) is 1.63. The second kappa shape index (κ2) is 7.82. The van der Waals surface area contributed by atoms with Crippen LogP contribution < -0.4 is 5.32 Å².